The predicted molar refractivity (Wildman–Crippen MR) is 121 cm³/mol. The lowest BCUT2D eigenvalue weighted by Crippen LogP contribution is -2.49. The molecule has 1 aromatic carbocycles. The fourth-order valence-corrected chi connectivity index (χ4v) is 3.86. The predicted octanol–water partition coefficient (Wildman–Crippen LogP) is 2.28. The molecule has 12 heteroatoms. The number of carbonyl (C=O) groups is 1. The molecule has 32 heavy (non-hydrogen) atoms. The topological polar surface area (TPSA) is 104 Å². The van der Waals surface area contributed by atoms with Crippen LogP contribution in [0.4, 0.5) is 10.5 Å². The average molecular weight is 484 g/mol. The molecule has 0 saturated carbocycles. The standard InChI is InChI=1S/C20H26ClN5O5S/c1-24(2)31-19-10-15(4-5-18(19)21)14-25-6-8-26(9-7-25)20(27)30-17-11-16(12-22-13-17)23-32(3,28)29/h4-5,10-13,23H,6-9,14H2,1-3H3. The number of sulfonamides is 1. The molecule has 174 valence electrons. The average Bonchev–Trinajstić information content (AvgIpc) is 2.69. The number of aromatic nitrogens is 1. The summed E-state index contributed by atoms with van der Waals surface area (Å²) in [7, 11) is 0.125. The van der Waals surface area contributed by atoms with E-state index in [2.05, 4.69) is 14.6 Å². The molecule has 0 unspecified atom stereocenters. The van der Waals surface area contributed by atoms with Crippen LogP contribution in [-0.4, -0.2) is 80.9 Å². The molecule has 2 heterocycles. The van der Waals surface area contributed by atoms with Crippen molar-refractivity contribution in [1.29, 1.82) is 0 Å². The number of benzene rings is 1. The Morgan fingerprint density at radius 1 is 1.19 bits per heavy atom. The highest BCUT2D eigenvalue weighted by Gasteiger charge is 2.23. The number of amides is 1. The van der Waals surface area contributed by atoms with Gasteiger partial charge in [-0.05, 0) is 17.7 Å². The van der Waals surface area contributed by atoms with E-state index < -0.39 is 16.1 Å². The van der Waals surface area contributed by atoms with Crippen LogP contribution >= 0.6 is 11.6 Å². The first-order valence-corrected chi connectivity index (χ1v) is 12.1. The van der Waals surface area contributed by atoms with Gasteiger partial charge in [-0.25, -0.2) is 13.2 Å². The van der Waals surface area contributed by atoms with Gasteiger partial charge < -0.3 is 14.5 Å². The van der Waals surface area contributed by atoms with Crippen LogP contribution in [0.5, 0.6) is 11.5 Å². The van der Waals surface area contributed by atoms with E-state index in [4.69, 9.17) is 21.2 Å². The van der Waals surface area contributed by atoms with E-state index in [1.165, 1.54) is 18.5 Å². The van der Waals surface area contributed by atoms with E-state index in [9.17, 15) is 13.2 Å². The third kappa shape index (κ3) is 7.23. The Labute approximate surface area is 192 Å². The van der Waals surface area contributed by atoms with Gasteiger partial charge in [0, 0.05) is 52.9 Å². The van der Waals surface area contributed by atoms with Crippen molar-refractivity contribution in [2.24, 2.45) is 0 Å². The molecule has 3 rings (SSSR count). The minimum atomic E-state index is -3.45. The van der Waals surface area contributed by atoms with Crippen molar-refractivity contribution in [3.05, 3.63) is 47.2 Å². The fourth-order valence-electron chi connectivity index (χ4n) is 3.17. The molecule has 0 atom stereocenters. The summed E-state index contributed by atoms with van der Waals surface area (Å²) in [6.45, 7) is 3.06. The second-order valence-electron chi connectivity index (χ2n) is 7.58. The Morgan fingerprint density at radius 2 is 1.91 bits per heavy atom. The van der Waals surface area contributed by atoms with Crippen molar-refractivity contribution in [3.63, 3.8) is 0 Å². The lowest BCUT2D eigenvalue weighted by Gasteiger charge is -2.34. The molecular weight excluding hydrogens is 458 g/mol. The third-order valence-corrected chi connectivity index (χ3v) is 5.45. The lowest BCUT2D eigenvalue weighted by atomic mass is 10.2. The number of pyridine rings is 1. The van der Waals surface area contributed by atoms with Gasteiger partial charge in [-0.15, -0.1) is 0 Å². The van der Waals surface area contributed by atoms with E-state index in [0.717, 1.165) is 11.8 Å². The van der Waals surface area contributed by atoms with Crippen LogP contribution in [-0.2, 0) is 16.6 Å². The van der Waals surface area contributed by atoms with Crippen LogP contribution in [0.2, 0.25) is 5.02 Å². The van der Waals surface area contributed by atoms with E-state index in [1.807, 2.05) is 18.2 Å². The molecule has 1 amide bonds. The van der Waals surface area contributed by atoms with E-state index in [-0.39, 0.29) is 11.4 Å². The van der Waals surface area contributed by atoms with Crippen LogP contribution in [0.1, 0.15) is 5.56 Å². The minimum absolute atomic E-state index is 0.167. The Kier molecular flexibility index (Phi) is 7.77. The van der Waals surface area contributed by atoms with Crippen molar-refractivity contribution < 1.29 is 22.8 Å². The van der Waals surface area contributed by atoms with Crippen LogP contribution in [0.25, 0.3) is 0 Å². The lowest BCUT2D eigenvalue weighted by molar-refractivity contribution is -0.00328. The second-order valence-corrected chi connectivity index (χ2v) is 9.74. The molecule has 0 bridgehead atoms. The van der Waals surface area contributed by atoms with Gasteiger partial charge in [-0.2, -0.15) is 5.06 Å². The van der Waals surface area contributed by atoms with Crippen molar-refractivity contribution in [1.82, 2.24) is 19.8 Å². The summed E-state index contributed by atoms with van der Waals surface area (Å²) in [6, 6.07) is 7.09. The second kappa shape index (κ2) is 10.3. The molecule has 1 fully saturated rings. The smallest absolute Gasteiger partial charge is 0.408 e. The fraction of sp³-hybridized carbons (Fsp3) is 0.400. The number of nitrogens with zero attached hydrogens (tertiary/aromatic N) is 4. The maximum absolute atomic E-state index is 12.5. The van der Waals surface area contributed by atoms with Gasteiger partial charge in [0.05, 0.1) is 29.4 Å². The summed E-state index contributed by atoms with van der Waals surface area (Å²) in [5, 5.41) is 2.12. The highest BCUT2D eigenvalue weighted by molar-refractivity contribution is 7.92. The van der Waals surface area contributed by atoms with Crippen molar-refractivity contribution in [2.45, 2.75) is 6.54 Å². The number of hydrogen-bond acceptors (Lipinski definition) is 8. The zero-order valence-electron chi connectivity index (χ0n) is 18.1. The first kappa shape index (κ1) is 24.1. The number of halogens is 1. The highest BCUT2D eigenvalue weighted by Crippen LogP contribution is 2.27. The molecule has 10 nitrogen and oxygen atoms in total. The number of piperazine rings is 1. The summed E-state index contributed by atoms with van der Waals surface area (Å²) in [4.78, 5) is 25.8. The van der Waals surface area contributed by atoms with Gasteiger partial charge in [0.2, 0.25) is 10.0 Å². The van der Waals surface area contributed by atoms with Crippen LogP contribution < -0.4 is 14.3 Å². The van der Waals surface area contributed by atoms with Gasteiger partial charge in [-0.3, -0.25) is 14.6 Å². The molecule has 1 aliphatic rings. The number of hydroxylamine groups is 2. The van der Waals surface area contributed by atoms with E-state index in [0.29, 0.717) is 43.5 Å². The Bertz CT molecular complexity index is 1060. The summed E-state index contributed by atoms with van der Waals surface area (Å²) >= 11 is 6.18. The van der Waals surface area contributed by atoms with Crippen molar-refractivity contribution in [2.75, 3.05) is 51.3 Å². The van der Waals surface area contributed by atoms with Gasteiger partial charge >= 0.3 is 6.09 Å². The summed E-state index contributed by atoms with van der Waals surface area (Å²) in [5.41, 5.74) is 1.28. The number of hydrogen-bond donors (Lipinski definition) is 1. The molecule has 0 radical (unpaired) electrons. The number of carbonyl (C=O) groups excluding carboxylic acids is 1. The molecule has 1 N–H and O–H groups in total. The number of nitrogens with one attached hydrogen (secondary N) is 1. The number of ether oxygens (including phenoxy) is 1. The van der Waals surface area contributed by atoms with E-state index in [1.54, 1.807) is 24.1 Å². The normalized spacial score (nSPS) is 15.0. The van der Waals surface area contributed by atoms with E-state index >= 15 is 0 Å². The molecule has 1 aliphatic heterocycles. The first-order chi connectivity index (χ1) is 15.1. The number of anilines is 1. The van der Waals surface area contributed by atoms with Crippen LogP contribution in [0.3, 0.4) is 0 Å². The molecule has 2 aromatic rings. The van der Waals surface area contributed by atoms with Gasteiger partial charge in [0.1, 0.15) is 0 Å². The summed E-state index contributed by atoms with van der Waals surface area (Å²) in [5.74, 6) is 0.762. The van der Waals surface area contributed by atoms with Crippen LogP contribution in [0.15, 0.2) is 36.7 Å². The maximum Gasteiger partial charge on any atom is 0.415 e. The molecular formula is C20H26ClN5O5S. The Hall–Kier alpha value is -2.60. The quantitative estimate of drug-likeness (QED) is 0.598. The minimum Gasteiger partial charge on any atom is -0.408 e. The highest BCUT2D eigenvalue weighted by atomic mass is 35.5. The molecule has 0 aliphatic carbocycles. The SMILES string of the molecule is CN(C)Oc1cc(CN2CCN(C(=O)Oc3cncc(NS(C)(=O)=O)c3)CC2)ccc1Cl. The number of rotatable bonds is 7. The molecule has 0 spiro atoms. The Balaban J connectivity index is 1.52. The third-order valence-electron chi connectivity index (χ3n) is 4.53. The molecule has 1 aromatic heterocycles. The Morgan fingerprint density at radius 3 is 2.56 bits per heavy atom. The zero-order chi connectivity index (χ0) is 23.3. The van der Waals surface area contributed by atoms with Crippen molar-refractivity contribution >= 4 is 33.4 Å². The molecule has 1 saturated heterocycles. The summed E-state index contributed by atoms with van der Waals surface area (Å²) in [6.07, 6.45) is 3.22. The first-order valence-electron chi connectivity index (χ1n) is 9.85. The van der Waals surface area contributed by atoms with Crippen molar-refractivity contribution in [3.8, 4) is 11.5 Å². The largest absolute Gasteiger partial charge is 0.415 e. The van der Waals surface area contributed by atoms with Gasteiger partial charge in [0.25, 0.3) is 0 Å². The monoisotopic (exact) mass is 483 g/mol. The van der Waals surface area contributed by atoms with Gasteiger partial charge in [-0.1, -0.05) is 17.7 Å². The van der Waals surface area contributed by atoms with Gasteiger partial charge in [0.15, 0.2) is 11.5 Å². The summed E-state index contributed by atoms with van der Waals surface area (Å²) < 4.78 is 30.4. The maximum atomic E-state index is 12.5. The zero-order valence-corrected chi connectivity index (χ0v) is 19.7. The van der Waals surface area contributed by atoms with Crippen LogP contribution in [0, 0.1) is 0 Å².